The summed E-state index contributed by atoms with van der Waals surface area (Å²) >= 11 is 1.58. The van der Waals surface area contributed by atoms with E-state index in [1.807, 2.05) is 0 Å². The van der Waals surface area contributed by atoms with Gasteiger partial charge in [-0.2, -0.15) is 0 Å². The number of halogens is 1. The van der Waals surface area contributed by atoms with Crippen molar-refractivity contribution in [2.24, 2.45) is 0 Å². The first-order valence-corrected chi connectivity index (χ1v) is 2.58. The first-order valence-electron chi connectivity index (χ1n) is 1.51. The topological polar surface area (TPSA) is 50.2 Å². The van der Waals surface area contributed by atoms with Crippen LogP contribution in [0.2, 0.25) is 0 Å². The van der Waals surface area contributed by atoms with Crippen molar-refractivity contribution < 1.29 is 9.53 Å². The number of hydrogen-bond donors (Lipinski definition) is 1. The quantitative estimate of drug-likeness (QED) is 0.393. The Balaban J connectivity index is 3.58. The van der Waals surface area contributed by atoms with E-state index in [-0.39, 0.29) is 3.72 Å². The molecule has 3 nitrogen and oxygen atoms in total. The van der Waals surface area contributed by atoms with Crippen molar-refractivity contribution in [3.8, 4) is 0 Å². The fraction of sp³-hybridized carbons (Fsp3) is 0.333. The van der Waals surface area contributed by atoms with E-state index in [4.69, 9.17) is 5.41 Å². The second kappa shape index (κ2) is 2.95. The lowest BCUT2D eigenvalue weighted by atomic mass is 10.8. The lowest BCUT2D eigenvalue weighted by Crippen LogP contribution is -2.06. The fourth-order valence-electron chi connectivity index (χ4n) is 0.0896. The molecule has 0 heterocycles. The zero-order valence-corrected chi connectivity index (χ0v) is 5.85. The number of carbonyl (C=O) groups is 1. The van der Waals surface area contributed by atoms with Crippen LogP contribution < -0.4 is 0 Å². The van der Waals surface area contributed by atoms with Crippen molar-refractivity contribution in [2.75, 3.05) is 7.11 Å². The zero-order valence-electron chi connectivity index (χ0n) is 3.69. The standard InChI is InChI=1S/C3H4INO2/c1-7-3(6)2(4)5/h5H,1H3. The summed E-state index contributed by atoms with van der Waals surface area (Å²) in [4.78, 5) is 10.1. The summed E-state index contributed by atoms with van der Waals surface area (Å²) in [5.74, 6) is -0.583. The highest BCUT2D eigenvalue weighted by atomic mass is 127. The highest BCUT2D eigenvalue weighted by molar-refractivity contribution is 14.1. The van der Waals surface area contributed by atoms with Crippen molar-refractivity contribution in [1.82, 2.24) is 0 Å². The number of hydrogen-bond acceptors (Lipinski definition) is 3. The molecular formula is C3H4INO2. The van der Waals surface area contributed by atoms with Gasteiger partial charge in [0.2, 0.25) is 0 Å². The fourth-order valence-corrected chi connectivity index (χ4v) is 0.310. The molecule has 0 aromatic heterocycles. The molecule has 0 aliphatic rings. The van der Waals surface area contributed by atoms with Gasteiger partial charge in [0.1, 0.15) is 0 Å². The minimum atomic E-state index is -0.583. The van der Waals surface area contributed by atoms with Crippen LogP contribution >= 0.6 is 22.6 Å². The highest BCUT2D eigenvalue weighted by Gasteiger charge is 2.00. The number of methoxy groups -OCH3 is 1. The maximum atomic E-state index is 10.1. The Bertz CT molecular complexity index is 101. The molecule has 40 valence electrons. The predicted molar refractivity (Wildman–Crippen MR) is 33.8 cm³/mol. The summed E-state index contributed by atoms with van der Waals surface area (Å²) in [7, 11) is 1.25. The molecule has 1 N–H and O–H groups in total. The zero-order chi connectivity index (χ0) is 5.86. The molecule has 7 heavy (non-hydrogen) atoms. The van der Waals surface area contributed by atoms with Crippen LogP contribution in [0.15, 0.2) is 0 Å². The molecule has 0 aliphatic heterocycles. The Morgan fingerprint density at radius 1 is 1.86 bits per heavy atom. The average Bonchev–Trinajstić information content (AvgIpc) is 1.65. The molecule has 0 radical (unpaired) electrons. The molecular weight excluding hydrogens is 209 g/mol. The summed E-state index contributed by atoms with van der Waals surface area (Å²) in [6.07, 6.45) is 0. The average molecular weight is 213 g/mol. The van der Waals surface area contributed by atoms with Gasteiger partial charge in [-0.15, -0.1) is 0 Å². The molecule has 0 aliphatic carbocycles. The van der Waals surface area contributed by atoms with Gasteiger partial charge < -0.3 is 4.74 Å². The maximum Gasteiger partial charge on any atom is 0.362 e. The smallest absolute Gasteiger partial charge is 0.362 e. The van der Waals surface area contributed by atoms with Gasteiger partial charge >= 0.3 is 5.97 Å². The maximum absolute atomic E-state index is 10.1. The van der Waals surface area contributed by atoms with Crippen LogP contribution in [0.25, 0.3) is 0 Å². The number of rotatable bonds is 1. The van der Waals surface area contributed by atoms with Crippen molar-refractivity contribution in [3.63, 3.8) is 0 Å². The van der Waals surface area contributed by atoms with Gasteiger partial charge in [-0.25, -0.2) is 4.79 Å². The lowest BCUT2D eigenvalue weighted by Gasteiger charge is -1.88. The molecule has 0 saturated carbocycles. The van der Waals surface area contributed by atoms with Crippen LogP contribution in [0.5, 0.6) is 0 Å². The second-order valence-corrected chi connectivity index (χ2v) is 1.88. The van der Waals surface area contributed by atoms with Crippen LogP contribution in [-0.2, 0) is 9.53 Å². The lowest BCUT2D eigenvalue weighted by molar-refractivity contribution is -0.132. The molecule has 4 heteroatoms. The molecule has 0 bridgehead atoms. The van der Waals surface area contributed by atoms with E-state index in [0.29, 0.717) is 0 Å². The van der Waals surface area contributed by atoms with E-state index in [1.54, 1.807) is 22.6 Å². The normalized spacial score (nSPS) is 7.71. The summed E-state index contributed by atoms with van der Waals surface area (Å²) in [5, 5.41) is 6.61. The Kier molecular flexibility index (Phi) is 2.89. The Morgan fingerprint density at radius 3 is 2.29 bits per heavy atom. The van der Waals surface area contributed by atoms with Crippen molar-refractivity contribution in [2.45, 2.75) is 0 Å². The van der Waals surface area contributed by atoms with Crippen LogP contribution in [0.3, 0.4) is 0 Å². The van der Waals surface area contributed by atoms with E-state index in [0.717, 1.165) is 0 Å². The molecule has 0 amide bonds. The number of carbonyl (C=O) groups excluding carboxylic acids is 1. The SMILES string of the molecule is COC(=O)C(=N)I. The highest BCUT2D eigenvalue weighted by Crippen LogP contribution is 1.86. The summed E-state index contributed by atoms with van der Waals surface area (Å²) in [6.45, 7) is 0. The van der Waals surface area contributed by atoms with Crippen LogP contribution in [0.4, 0.5) is 0 Å². The summed E-state index contributed by atoms with van der Waals surface area (Å²) in [5.41, 5.74) is 0. The third-order valence-electron chi connectivity index (χ3n) is 0.365. The molecule has 0 rings (SSSR count). The number of ether oxygens (including phenoxy) is 1. The predicted octanol–water partition coefficient (Wildman–Crippen LogP) is 0.572. The minimum Gasteiger partial charge on any atom is -0.464 e. The van der Waals surface area contributed by atoms with Crippen LogP contribution in [0.1, 0.15) is 0 Å². The summed E-state index contributed by atoms with van der Waals surface area (Å²) in [6, 6.07) is 0. The number of esters is 1. The van der Waals surface area contributed by atoms with E-state index in [2.05, 4.69) is 4.74 Å². The van der Waals surface area contributed by atoms with E-state index in [9.17, 15) is 4.79 Å². The van der Waals surface area contributed by atoms with Gasteiger partial charge in [-0.05, 0) is 22.6 Å². The van der Waals surface area contributed by atoms with E-state index >= 15 is 0 Å². The van der Waals surface area contributed by atoms with Gasteiger partial charge in [0, 0.05) is 0 Å². The first kappa shape index (κ1) is 6.87. The van der Waals surface area contributed by atoms with Crippen LogP contribution in [0, 0.1) is 5.41 Å². The molecule has 0 saturated heterocycles. The molecule has 0 aromatic rings. The Hall–Kier alpha value is -0.130. The largest absolute Gasteiger partial charge is 0.464 e. The van der Waals surface area contributed by atoms with Gasteiger partial charge in [0.05, 0.1) is 7.11 Å². The van der Waals surface area contributed by atoms with Gasteiger partial charge in [0.15, 0.2) is 3.72 Å². The Labute approximate surface area is 54.7 Å². The molecule has 0 atom stereocenters. The monoisotopic (exact) mass is 213 g/mol. The first-order chi connectivity index (χ1) is 3.18. The van der Waals surface area contributed by atoms with Gasteiger partial charge in [-0.3, -0.25) is 5.41 Å². The Morgan fingerprint density at radius 2 is 2.29 bits per heavy atom. The van der Waals surface area contributed by atoms with Gasteiger partial charge in [-0.1, -0.05) is 0 Å². The molecule has 0 aromatic carbocycles. The van der Waals surface area contributed by atoms with Crippen molar-refractivity contribution in [1.29, 1.82) is 5.41 Å². The third-order valence-corrected chi connectivity index (χ3v) is 0.805. The van der Waals surface area contributed by atoms with Crippen molar-refractivity contribution >= 4 is 32.3 Å². The molecule has 0 spiro atoms. The second-order valence-electron chi connectivity index (χ2n) is 0.806. The number of nitrogens with one attached hydrogen (secondary N) is 1. The minimum absolute atomic E-state index is 0.0971. The van der Waals surface area contributed by atoms with Crippen molar-refractivity contribution in [3.05, 3.63) is 0 Å². The third kappa shape index (κ3) is 2.55. The molecule has 0 unspecified atom stereocenters. The van der Waals surface area contributed by atoms with Crippen LogP contribution in [-0.4, -0.2) is 16.8 Å². The van der Waals surface area contributed by atoms with E-state index < -0.39 is 5.97 Å². The van der Waals surface area contributed by atoms with Gasteiger partial charge in [0.25, 0.3) is 0 Å². The summed E-state index contributed by atoms with van der Waals surface area (Å²) < 4.78 is 4.04. The molecule has 0 fully saturated rings. The van der Waals surface area contributed by atoms with E-state index in [1.165, 1.54) is 7.11 Å².